The molecule has 0 N–H and O–H groups in total. The molecule has 4 heteroatoms. The highest BCUT2D eigenvalue weighted by Crippen LogP contribution is 2.38. The van der Waals surface area contributed by atoms with Gasteiger partial charge in [-0.05, 0) is 76.4 Å². The van der Waals surface area contributed by atoms with E-state index < -0.39 is 96.3 Å². The summed E-state index contributed by atoms with van der Waals surface area (Å²) in [5.41, 5.74) is 1.50. The summed E-state index contributed by atoms with van der Waals surface area (Å²) in [6, 6.07) is 19.0. The maximum atomic E-state index is 9.99. The normalized spacial score (nSPS) is 15.9. The zero-order valence-electron chi connectivity index (χ0n) is 41.9. The maximum absolute atomic E-state index is 9.99. The van der Waals surface area contributed by atoms with E-state index in [0.717, 1.165) is 26.5 Å². The van der Waals surface area contributed by atoms with Gasteiger partial charge in [-0.2, -0.15) is 0 Å². The molecule has 0 bridgehead atoms. The van der Waals surface area contributed by atoms with Gasteiger partial charge in [0.05, 0.1) is 53.8 Å². The van der Waals surface area contributed by atoms with Gasteiger partial charge >= 0.3 is 0 Å². The Morgan fingerprint density at radius 2 is 1.04 bits per heavy atom. The third-order valence-corrected chi connectivity index (χ3v) is 9.42. The van der Waals surface area contributed by atoms with Crippen molar-refractivity contribution >= 4 is 65.3 Å². The van der Waals surface area contributed by atoms with Gasteiger partial charge in [-0.1, -0.05) is 127 Å². The van der Waals surface area contributed by atoms with Crippen molar-refractivity contribution in [3.8, 4) is 34.0 Å². The van der Waals surface area contributed by atoms with Gasteiger partial charge in [-0.25, -0.2) is 9.97 Å². The van der Waals surface area contributed by atoms with Crippen LogP contribution < -0.4 is 0 Å². The fourth-order valence-electron chi connectivity index (χ4n) is 7.05. The van der Waals surface area contributed by atoms with E-state index in [1.54, 1.807) is 0 Å². The Balaban J connectivity index is 1.33. The van der Waals surface area contributed by atoms with Crippen LogP contribution in [0.1, 0.15) is 20.6 Å². The quantitative estimate of drug-likeness (QED) is 0.186. The zero-order chi connectivity index (χ0) is 47.2. The van der Waals surface area contributed by atoms with E-state index in [0.29, 0.717) is 22.2 Å². The van der Waals surface area contributed by atoms with Gasteiger partial charge in [0.15, 0.2) is 0 Å². The van der Waals surface area contributed by atoms with Crippen molar-refractivity contribution in [2.75, 3.05) is 0 Å². The molecule has 0 saturated carbocycles. The van der Waals surface area contributed by atoms with E-state index >= 15 is 0 Å². The van der Waals surface area contributed by atoms with E-state index in [2.05, 4.69) is 0 Å². The molecule has 4 nitrogen and oxygen atoms in total. The van der Waals surface area contributed by atoms with Crippen molar-refractivity contribution in [1.82, 2.24) is 19.1 Å². The summed E-state index contributed by atoms with van der Waals surface area (Å²) in [6.45, 7) is 0. The van der Waals surface area contributed by atoms with Crippen molar-refractivity contribution in [3.05, 3.63) is 182 Å². The Bertz CT molecular complexity index is 3980. The number of para-hydroxylation sites is 3. The Labute approximate surface area is 320 Å². The van der Waals surface area contributed by atoms with Gasteiger partial charge in [-0.15, -0.1) is 0 Å². The Kier molecular flexibility index (Phi) is 3.84. The molecule has 0 saturated heterocycles. The van der Waals surface area contributed by atoms with Crippen LogP contribution in [0.4, 0.5) is 0 Å². The van der Waals surface area contributed by atoms with Gasteiger partial charge in [0.1, 0.15) is 0 Å². The van der Waals surface area contributed by atoms with Crippen molar-refractivity contribution in [2.45, 2.75) is 0 Å². The lowest BCUT2D eigenvalue weighted by Gasteiger charge is -2.14. The first-order valence-electron chi connectivity index (χ1n) is 24.0. The van der Waals surface area contributed by atoms with Crippen LogP contribution in [0, 0.1) is 0 Å². The molecule has 0 unspecified atom stereocenters. The Hall–Kier alpha value is -7.04. The topological polar surface area (TPSA) is 35.6 Å². The Morgan fingerprint density at radius 3 is 1.79 bits per heavy atom. The molecule has 0 aliphatic carbocycles. The maximum Gasteiger partial charge on any atom is 0.235 e. The van der Waals surface area contributed by atoms with Gasteiger partial charge in [0, 0.05) is 38.2 Å². The minimum atomic E-state index is -0.725. The van der Waals surface area contributed by atoms with E-state index in [4.69, 9.17) is 23.7 Å². The highest BCUT2D eigenvalue weighted by atomic mass is 15.2. The summed E-state index contributed by atoms with van der Waals surface area (Å²) >= 11 is 0. The zero-order valence-corrected chi connectivity index (χ0v) is 26.9. The van der Waals surface area contributed by atoms with E-state index in [1.165, 1.54) is 4.57 Å². The third-order valence-electron chi connectivity index (χ3n) is 9.42. The van der Waals surface area contributed by atoms with Gasteiger partial charge in [0.25, 0.3) is 0 Å². The number of fused-ring (bicyclic) bond motifs is 8. The van der Waals surface area contributed by atoms with Crippen molar-refractivity contribution in [2.24, 2.45) is 0 Å². The monoisotopic (exact) mass is 677 g/mol. The molecule has 0 aliphatic rings. The Morgan fingerprint density at radius 1 is 0.423 bits per heavy atom. The van der Waals surface area contributed by atoms with Gasteiger partial charge < -0.3 is 4.57 Å². The van der Waals surface area contributed by atoms with Crippen LogP contribution in [0.25, 0.3) is 99.3 Å². The first-order chi connectivity index (χ1) is 32.0. The fraction of sp³-hybridized carbons (Fsp3) is 0. The molecule has 242 valence electrons. The van der Waals surface area contributed by atoms with Crippen LogP contribution in [0.5, 0.6) is 0 Å². The number of nitrogens with zero attached hydrogens (tertiary/aromatic N) is 4. The molecular formula is C48H30N4. The lowest BCUT2D eigenvalue weighted by atomic mass is 9.99. The molecule has 0 aliphatic heterocycles. The summed E-state index contributed by atoms with van der Waals surface area (Å²) in [5, 5.41) is 1.43. The van der Waals surface area contributed by atoms with E-state index in [9.17, 15) is 6.85 Å². The van der Waals surface area contributed by atoms with Crippen LogP contribution in [0.3, 0.4) is 0 Å². The lowest BCUT2D eigenvalue weighted by molar-refractivity contribution is 1.01. The summed E-state index contributed by atoms with van der Waals surface area (Å²) in [6.07, 6.45) is 0. The summed E-state index contributed by atoms with van der Waals surface area (Å²) in [7, 11) is 0. The second-order valence-corrected chi connectivity index (χ2v) is 12.3. The van der Waals surface area contributed by atoms with E-state index in [-0.39, 0.29) is 49.6 Å². The number of rotatable bonds is 4. The average Bonchev–Trinajstić information content (AvgIpc) is 3.89. The van der Waals surface area contributed by atoms with Crippen LogP contribution in [-0.2, 0) is 0 Å². The van der Waals surface area contributed by atoms with Crippen LogP contribution >= 0.6 is 0 Å². The van der Waals surface area contributed by atoms with Crippen molar-refractivity contribution in [3.63, 3.8) is 0 Å². The molecule has 8 aromatic carbocycles. The highest BCUT2D eigenvalue weighted by molar-refractivity contribution is 6.12. The van der Waals surface area contributed by atoms with E-state index in [1.807, 2.05) is 91.0 Å². The SMILES string of the molecule is [2H]c1c([2H])c([2H])c2c(c1[2H])c1c([2H])c(-n3c4c([2H])c([2H])c([2H])c([2H])c4c4c([2H])c([2H])c([2H])c([2H])c43)c([2H])c([2H])c1n2-c1nc(-c2ccc3ccccc3c2)c2ccc(-c3ccccc3)cc2n1. The molecule has 0 amide bonds. The van der Waals surface area contributed by atoms with Crippen molar-refractivity contribution in [1.29, 1.82) is 0 Å². The lowest BCUT2D eigenvalue weighted by Crippen LogP contribution is -2.04. The van der Waals surface area contributed by atoms with Crippen molar-refractivity contribution < 1.29 is 20.6 Å². The molecule has 11 aromatic rings. The number of hydrogen-bond acceptors (Lipinski definition) is 2. The molecule has 0 radical (unpaired) electrons. The standard InChI is InChI=1S/C48H30N4/c1-2-12-31(13-3-1)34-24-26-40-42(29-34)49-48(50-47(40)35-23-22-32-14-4-5-15-33(32)28-35)52-45-21-11-8-18-39(45)41-30-36(25-27-46(41)52)51-43-19-9-6-16-37(43)38-17-7-10-20-44(38)51/h1-30H/i6D,7D,8D,9D,10D,11D,16D,17D,18D,19D,20D,21D,25D,27D,30D. The second kappa shape index (κ2) is 11.2. The smallest absolute Gasteiger partial charge is 0.235 e. The minimum Gasteiger partial charge on any atom is -0.309 e. The second-order valence-electron chi connectivity index (χ2n) is 12.3. The first-order valence-corrected chi connectivity index (χ1v) is 16.5. The molecule has 0 fully saturated rings. The molecule has 0 spiro atoms. The number of hydrogen-bond donors (Lipinski definition) is 0. The molecule has 3 aromatic heterocycles. The molecule has 52 heavy (non-hydrogen) atoms. The fourth-order valence-corrected chi connectivity index (χ4v) is 7.05. The summed E-state index contributed by atoms with van der Waals surface area (Å²) in [4.78, 5) is 10.1. The average molecular weight is 678 g/mol. The van der Waals surface area contributed by atoms with Gasteiger partial charge in [0.2, 0.25) is 5.95 Å². The largest absolute Gasteiger partial charge is 0.309 e. The van der Waals surface area contributed by atoms with Crippen LogP contribution in [0.15, 0.2) is 182 Å². The minimum absolute atomic E-state index is 0.147. The van der Waals surface area contributed by atoms with Gasteiger partial charge in [-0.3, -0.25) is 4.57 Å². The van der Waals surface area contributed by atoms with Crippen LogP contribution in [-0.4, -0.2) is 19.1 Å². The first kappa shape index (κ1) is 17.8. The molecule has 0 atom stereocenters. The number of aromatic nitrogens is 4. The highest BCUT2D eigenvalue weighted by Gasteiger charge is 2.19. The predicted molar refractivity (Wildman–Crippen MR) is 217 cm³/mol. The summed E-state index contributed by atoms with van der Waals surface area (Å²) < 4.78 is 138. The third kappa shape index (κ3) is 4.34. The molecular weight excluding hydrogens is 633 g/mol. The molecule has 3 heterocycles. The number of benzene rings is 8. The molecule has 11 rings (SSSR count). The summed E-state index contributed by atoms with van der Waals surface area (Å²) in [5.74, 6) is -0.147. The van der Waals surface area contributed by atoms with Crippen LogP contribution in [0.2, 0.25) is 0 Å². The predicted octanol–water partition coefficient (Wildman–Crippen LogP) is 12.3.